The van der Waals surface area contributed by atoms with Crippen LogP contribution in [0.15, 0.2) is 36.4 Å². The van der Waals surface area contributed by atoms with Crippen molar-refractivity contribution < 1.29 is 85.1 Å². The molecule has 2 aromatic carbocycles. The number of alkyl halides is 6. The average Bonchev–Trinajstić information content (AvgIpc) is 2.99. The van der Waals surface area contributed by atoms with Crippen molar-refractivity contribution in [2.75, 3.05) is 67.1 Å². The van der Waals surface area contributed by atoms with Crippen LogP contribution in [-0.4, -0.2) is 106 Å². The zero-order valence-electron chi connectivity index (χ0n) is 25.5. The number of nitriles is 1. The molecule has 0 heterocycles. The molecular formula is C26H30F6N2O13S2. The van der Waals surface area contributed by atoms with E-state index in [1.807, 2.05) is 6.07 Å². The summed E-state index contributed by atoms with van der Waals surface area (Å²) in [6, 6.07) is 8.35. The molecule has 0 aliphatic heterocycles. The number of hydrogen-bond acceptors (Lipinski definition) is 15. The first-order chi connectivity index (χ1) is 22.8. The van der Waals surface area contributed by atoms with Crippen molar-refractivity contribution in [1.29, 1.82) is 10.7 Å². The fourth-order valence-corrected chi connectivity index (χ4v) is 3.71. The Morgan fingerprint density at radius 1 is 0.755 bits per heavy atom. The van der Waals surface area contributed by atoms with E-state index in [4.69, 9.17) is 39.1 Å². The van der Waals surface area contributed by atoms with Crippen LogP contribution in [-0.2, 0) is 43.4 Å². The zero-order chi connectivity index (χ0) is 37.3. The molecule has 2 rings (SSSR count). The Morgan fingerprint density at radius 2 is 1.22 bits per heavy atom. The highest BCUT2D eigenvalue weighted by atomic mass is 32.2. The van der Waals surface area contributed by atoms with E-state index >= 15 is 0 Å². The lowest BCUT2D eigenvalue weighted by atomic mass is 10.2. The van der Waals surface area contributed by atoms with E-state index in [1.165, 1.54) is 19.2 Å². The predicted octanol–water partition coefficient (Wildman–Crippen LogP) is 3.45. The smallest absolute Gasteiger partial charge is 0.506 e. The molecule has 0 spiro atoms. The maximum absolute atomic E-state index is 12.6. The number of phenols is 1. The molecule has 0 saturated carbocycles. The van der Waals surface area contributed by atoms with Gasteiger partial charge >= 0.3 is 31.3 Å². The van der Waals surface area contributed by atoms with Crippen LogP contribution in [0.25, 0.3) is 0 Å². The summed E-state index contributed by atoms with van der Waals surface area (Å²) in [5, 5.41) is 25.4. The Bertz CT molecular complexity index is 1610. The van der Waals surface area contributed by atoms with Gasteiger partial charge < -0.3 is 41.9 Å². The van der Waals surface area contributed by atoms with E-state index in [-0.39, 0.29) is 43.5 Å². The minimum absolute atomic E-state index is 0.0368. The second-order valence-corrected chi connectivity index (χ2v) is 11.7. The van der Waals surface area contributed by atoms with Crippen LogP contribution in [0.4, 0.5) is 26.3 Å². The van der Waals surface area contributed by atoms with Gasteiger partial charge in [0.25, 0.3) is 0 Å². The maximum atomic E-state index is 12.6. The van der Waals surface area contributed by atoms with Crippen LogP contribution in [0.1, 0.15) is 11.1 Å². The van der Waals surface area contributed by atoms with Crippen molar-refractivity contribution in [3.63, 3.8) is 0 Å². The lowest BCUT2D eigenvalue weighted by molar-refractivity contribution is -0.0506. The lowest BCUT2D eigenvalue weighted by Gasteiger charge is -2.16. The SMILES string of the molecule is COCCOCCOc1ccc(C#N)c(O)c1.COCCOCCOc1ccc(C(=N)OS(=O)(=O)C(F)(F)F)c(OS(=O)(=O)C(F)(F)F)c1. The largest absolute Gasteiger partial charge is 0.534 e. The predicted molar refractivity (Wildman–Crippen MR) is 154 cm³/mol. The molecule has 23 heteroatoms. The molecule has 0 aliphatic rings. The summed E-state index contributed by atoms with van der Waals surface area (Å²) in [6.45, 7) is 2.11. The zero-order valence-corrected chi connectivity index (χ0v) is 27.1. The first-order valence-corrected chi connectivity index (χ1v) is 16.0. The Morgan fingerprint density at radius 3 is 1.67 bits per heavy atom. The summed E-state index contributed by atoms with van der Waals surface area (Å²) in [6.07, 6.45) is 0. The fourth-order valence-electron chi connectivity index (χ4n) is 2.84. The Kier molecular flexibility index (Phi) is 17.4. The van der Waals surface area contributed by atoms with Gasteiger partial charge in [-0.05, 0) is 24.3 Å². The third kappa shape index (κ3) is 14.9. The number of methoxy groups -OCH3 is 2. The van der Waals surface area contributed by atoms with E-state index in [9.17, 15) is 48.3 Å². The van der Waals surface area contributed by atoms with Crippen molar-refractivity contribution >= 4 is 26.1 Å². The normalized spacial score (nSPS) is 11.9. The second kappa shape index (κ2) is 19.8. The molecule has 0 aliphatic carbocycles. The van der Waals surface area contributed by atoms with Crippen LogP contribution in [0.2, 0.25) is 0 Å². The number of hydrogen-bond donors (Lipinski definition) is 2. The first kappa shape index (κ1) is 42.9. The van der Waals surface area contributed by atoms with Gasteiger partial charge in [0.15, 0.2) is 5.75 Å². The number of halogens is 6. The van der Waals surface area contributed by atoms with Gasteiger partial charge in [0.05, 0.1) is 50.8 Å². The highest BCUT2D eigenvalue weighted by molar-refractivity contribution is 7.88. The number of phenolic OH excluding ortho intramolecular Hbond substituents is 1. The van der Waals surface area contributed by atoms with Gasteiger partial charge in [-0.15, -0.1) is 0 Å². The molecule has 0 fully saturated rings. The third-order valence-electron chi connectivity index (χ3n) is 5.10. The number of rotatable bonds is 18. The van der Waals surface area contributed by atoms with Gasteiger partial charge in [-0.25, -0.2) is 0 Å². The summed E-state index contributed by atoms with van der Waals surface area (Å²) >= 11 is 0. The Hall–Kier alpha value is -4.08. The lowest BCUT2D eigenvalue weighted by Crippen LogP contribution is -2.30. The molecule has 0 radical (unpaired) electrons. The highest BCUT2D eigenvalue weighted by Gasteiger charge is 2.50. The highest BCUT2D eigenvalue weighted by Crippen LogP contribution is 2.33. The summed E-state index contributed by atoms with van der Waals surface area (Å²) in [5.41, 5.74) is -12.8. The standard InChI is InChI=1S/C14H15F6NO9S2.C12H15NO4/c1-26-4-5-27-6-7-28-9-2-3-10(12(21)30-32(24,25)14(18,19)20)11(8-9)29-31(22,23)13(15,16)17;1-15-4-5-16-6-7-17-11-3-2-10(9-13)12(14)8-11/h2-3,8,21H,4-7H2,1H3;2-3,8,14H,4-7H2,1H3. The molecule has 0 aromatic heterocycles. The van der Waals surface area contributed by atoms with Gasteiger partial charge in [-0.1, -0.05) is 0 Å². The molecule has 2 aromatic rings. The first-order valence-electron chi connectivity index (χ1n) is 13.2. The van der Waals surface area contributed by atoms with Gasteiger partial charge in [0.2, 0.25) is 5.90 Å². The van der Waals surface area contributed by atoms with Gasteiger partial charge in [-0.2, -0.15) is 48.4 Å². The molecule has 0 saturated heterocycles. The van der Waals surface area contributed by atoms with Crippen molar-refractivity contribution in [2.24, 2.45) is 0 Å². The number of ether oxygens (including phenoxy) is 6. The molecular weight excluding hydrogens is 726 g/mol. The van der Waals surface area contributed by atoms with E-state index in [1.54, 1.807) is 13.2 Å². The van der Waals surface area contributed by atoms with Gasteiger partial charge in [0.1, 0.15) is 36.5 Å². The van der Waals surface area contributed by atoms with Crippen molar-refractivity contribution in [3.05, 3.63) is 47.5 Å². The second-order valence-electron chi connectivity index (χ2n) is 8.65. The summed E-state index contributed by atoms with van der Waals surface area (Å²) in [7, 11) is -9.70. The van der Waals surface area contributed by atoms with E-state index in [0.717, 1.165) is 6.07 Å². The fraction of sp³-hybridized carbons (Fsp3) is 0.462. The number of nitrogens with one attached hydrogen (secondary N) is 1. The molecule has 276 valence electrons. The molecule has 0 amide bonds. The van der Waals surface area contributed by atoms with Gasteiger partial charge in [-0.3, -0.25) is 5.41 Å². The minimum Gasteiger partial charge on any atom is -0.506 e. The Balaban J connectivity index is 0.000000591. The monoisotopic (exact) mass is 756 g/mol. The van der Waals surface area contributed by atoms with Crippen molar-refractivity contribution in [3.8, 4) is 29.1 Å². The molecule has 0 atom stereocenters. The van der Waals surface area contributed by atoms with Crippen LogP contribution < -0.4 is 13.7 Å². The quantitative estimate of drug-likeness (QED) is 0.0558. The van der Waals surface area contributed by atoms with E-state index in [2.05, 4.69) is 8.37 Å². The molecule has 0 bridgehead atoms. The molecule has 49 heavy (non-hydrogen) atoms. The topological polar surface area (TPSA) is 210 Å². The van der Waals surface area contributed by atoms with Crippen LogP contribution in [0.5, 0.6) is 23.0 Å². The molecule has 2 N–H and O–H groups in total. The van der Waals surface area contributed by atoms with E-state index < -0.39 is 48.5 Å². The molecule has 15 nitrogen and oxygen atoms in total. The van der Waals surface area contributed by atoms with Crippen molar-refractivity contribution in [2.45, 2.75) is 11.0 Å². The van der Waals surface area contributed by atoms with Crippen molar-refractivity contribution in [1.82, 2.24) is 0 Å². The minimum atomic E-state index is -6.38. The molecule has 0 unspecified atom stereocenters. The Labute approximate surface area is 276 Å². The average molecular weight is 757 g/mol. The van der Waals surface area contributed by atoms with Crippen LogP contribution >= 0.6 is 0 Å². The van der Waals surface area contributed by atoms with Crippen LogP contribution in [0, 0.1) is 16.7 Å². The summed E-state index contributed by atoms with van der Waals surface area (Å²) in [5.74, 6) is -3.14. The van der Waals surface area contributed by atoms with Gasteiger partial charge in [0, 0.05) is 26.4 Å². The van der Waals surface area contributed by atoms with E-state index in [0.29, 0.717) is 44.3 Å². The number of aromatic hydroxyl groups is 1. The number of nitrogens with zero attached hydrogens (tertiary/aromatic N) is 1. The summed E-state index contributed by atoms with van der Waals surface area (Å²) in [4.78, 5) is 0. The third-order valence-corrected chi connectivity index (χ3v) is 7.02. The summed E-state index contributed by atoms with van der Waals surface area (Å²) < 4.78 is 157. The number of benzene rings is 2. The van der Waals surface area contributed by atoms with Crippen LogP contribution in [0.3, 0.4) is 0 Å². The maximum Gasteiger partial charge on any atom is 0.534 e.